The van der Waals surface area contributed by atoms with Crippen molar-refractivity contribution < 1.29 is 0 Å². The van der Waals surface area contributed by atoms with Crippen molar-refractivity contribution in [3.8, 4) is 0 Å². The highest BCUT2D eigenvalue weighted by atomic mass is 32.1. The molecule has 0 aromatic carbocycles. The second-order valence-electron chi connectivity index (χ2n) is 1.08. The van der Waals surface area contributed by atoms with Gasteiger partial charge in [0.1, 0.15) is 0 Å². The van der Waals surface area contributed by atoms with E-state index in [2.05, 4.69) is 28.7 Å². The van der Waals surface area contributed by atoms with Crippen LogP contribution < -0.4 is 11.5 Å². The Morgan fingerprint density at radius 2 is 2.11 bits per heavy atom. The number of aromatic nitrogens is 1. The van der Waals surface area contributed by atoms with E-state index in [0.717, 1.165) is 0 Å². The second-order valence-corrected chi connectivity index (χ2v) is 2.30. The lowest BCUT2D eigenvalue weighted by atomic mass is 11.0. The van der Waals surface area contributed by atoms with Gasteiger partial charge in [-0.25, -0.2) is 0 Å². The van der Waals surface area contributed by atoms with Gasteiger partial charge in [0.05, 0.1) is 5.51 Å². The van der Waals surface area contributed by atoms with Gasteiger partial charge in [0, 0.05) is 11.6 Å². The molecule has 0 aliphatic rings. The minimum Gasteiger partial charge on any atom is -0.377 e. The van der Waals surface area contributed by atoms with Crippen LogP contribution in [0, 0.1) is 0 Å². The van der Waals surface area contributed by atoms with Crippen molar-refractivity contribution in [3.63, 3.8) is 0 Å². The summed E-state index contributed by atoms with van der Waals surface area (Å²) in [6.07, 6.45) is 1.77. The van der Waals surface area contributed by atoms with Gasteiger partial charge >= 0.3 is 0 Å². The molecule has 3 nitrogen and oxygen atoms in total. The molecule has 0 atom stereocenters. The predicted molar refractivity (Wildman–Crippen MR) is 43.1 cm³/mol. The Kier molecular flexibility index (Phi) is 5.04. The van der Waals surface area contributed by atoms with E-state index < -0.39 is 0 Å². The molecule has 4 N–H and O–H groups in total. The van der Waals surface area contributed by atoms with E-state index in [-0.39, 0.29) is 5.11 Å². The van der Waals surface area contributed by atoms with E-state index in [1.165, 1.54) is 0 Å². The van der Waals surface area contributed by atoms with Crippen LogP contribution in [-0.2, 0) is 0 Å². The Labute approximate surface area is 62.7 Å². The molecule has 0 spiro atoms. The fraction of sp³-hybridized carbons (Fsp3) is 0. The van der Waals surface area contributed by atoms with Crippen LogP contribution in [0.25, 0.3) is 0 Å². The van der Waals surface area contributed by atoms with Crippen molar-refractivity contribution in [2.45, 2.75) is 0 Å². The molecule has 0 aliphatic carbocycles. The summed E-state index contributed by atoms with van der Waals surface area (Å²) in [5.74, 6) is 0. The van der Waals surface area contributed by atoms with E-state index >= 15 is 0 Å². The quantitative estimate of drug-likeness (QED) is 0.538. The monoisotopic (exact) mass is 161 g/mol. The largest absolute Gasteiger partial charge is 0.377 e. The van der Waals surface area contributed by atoms with Gasteiger partial charge in [-0.1, -0.05) is 0 Å². The highest BCUT2D eigenvalue weighted by Crippen LogP contribution is 1.85. The van der Waals surface area contributed by atoms with Crippen LogP contribution in [0.15, 0.2) is 17.1 Å². The Balaban J connectivity index is 0.000000148. The van der Waals surface area contributed by atoms with Gasteiger partial charge in [-0.15, -0.1) is 11.3 Å². The predicted octanol–water partition coefficient (Wildman–Crippen LogP) is 0.332. The molecule has 0 bridgehead atoms. The van der Waals surface area contributed by atoms with Crippen molar-refractivity contribution in [2.24, 2.45) is 11.5 Å². The number of hydrogen-bond donors (Lipinski definition) is 2. The van der Waals surface area contributed by atoms with Gasteiger partial charge < -0.3 is 11.5 Å². The summed E-state index contributed by atoms with van der Waals surface area (Å²) in [5, 5.41) is 1.93. The number of thiocarbonyl (C=S) groups is 1. The van der Waals surface area contributed by atoms with Crippen molar-refractivity contribution in [3.05, 3.63) is 17.1 Å². The Bertz CT molecular complexity index is 128. The fourth-order valence-electron chi connectivity index (χ4n) is 0.176. The van der Waals surface area contributed by atoms with Gasteiger partial charge in [0.25, 0.3) is 0 Å². The molecule has 0 radical (unpaired) electrons. The molecular formula is C4H7N3S2. The summed E-state index contributed by atoms with van der Waals surface area (Å²) in [7, 11) is 0. The van der Waals surface area contributed by atoms with Gasteiger partial charge in [-0.3, -0.25) is 4.98 Å². The molecule has 1 heterocycles. The van der Waals surface area contributed by atoms with Crippen LogP contribution in [0.3, 0.4) is 0 Å². The lowest BCUT2D eigenvalue weighted by molar-refractivity contribution is 1.43. The highest BCUT2D eigenvalue weighted by Gasteiger charge is 1.59. The summed E-state index contributed by atoms with van der Waals surface area (Å²) < 4.78 is 0. The van der Waals surface area contributed by atoms with Crippen LogP contribution in [0.1, 0.15) is 0 Å². The molecule has 1 aromatic rings. The Hall–Kier alpha value is -0.680. The lowest BCUT2D eigenvalue weighted by Gasteiger charge is -1.68. The van der Waals surface area contributed by atoms with E-state index in [1.54, 1.807) is 23.0 Å². The third-order valence-electron chi connectivity index (χ3n) is 0.347. The van der Waals surface area contributed by atoms with E-state index in [1.807, 2.05) is 5.38 Å². The van der Waals surface area contributed by atoms with Crippen molar-refractivity contribution in [2.75, 3.05) is 0 Å². The molecule has 9 heavy (non-hydrogen) atoms. The van der Waals surface area contributed by atoms with E-state index in [9.17, 15) is 0 Å². The van der Waals surface area contributed by atoms with Gasteiger partial charge in [0.15, 0.2) is 5.11 Å². The Morgan fingerprint density at radius 1 is 1.56 bits per heavy atom. The minimum absolute atomic E-state index is 0.000000000000000222. The molecule has 0 fully saturated rings. The summed E-state index contributed by atoms with van der Waals surface area (Å²) in [6, 6.07) is 0. The van der Waals surface area contributed by atoms with Crippen LogP contribution in [0.5, 0.6) is 0 Å². The molecule has 5 heteroatoms. The maximum absolute atomic E-state index is 4.62. The minimum atomic E-state index is 0.000000000000000222. The summed E-state index contributed by atoms with van der Waals surface area (Å²) in [6.45, 7) is 0. The third-order valence-corrected chi connectivity index (χ3v) is 0.869. The van der Waals surface area contributed by atoms with Crippen LogP contribution >= 0.6 is 23.6 Å². The van der Waals surface area contributed by atoms with Crippen molar-refractivity contribution in [1.82, 2.24) is 4.98 Å². The first-order valence-electron chi connectivity index (χ1n) is 2.10. The summed E-state index contributed by atoms with van der Waals surface area (Å²) in [4.78, 5) is 3.74. The standard InChI is InChI=1S/C3H3NS.CH4N2S/c1-2-5-3-4-1;2-1(3)4/h1-3H;(H4,2,3,4). The Morgan fingerprint density at radius 3 is 2.22 bits per heavy atom. The molecule has 0 unspecified atom stereocenters. The lowest BCUT2D eigenvalue weighted by Crippen LogP contribution is -2.18. The van der Waals surface area contributed by atoms with Crippen LogP contribution in [0.2, 0.25) is 0 Å². The molecule has 1 rings (SSSR count). The highest BCUT2D eigenvalue weighted by molar-refractivity contribution is 7.80. The summed E-state index contributed by atoms with van der Waals surface area (Å²) >= 11 is 5.69. The van der Waals surface area contributed by atoms with Crippen LogP contribution in [0.4, 0.5) is 0 Å². The van der Waals surface area contributed by atoms with Gasteiger partial charge in [-0.05, 0) is 12.2 Å². The first-order valence-corrected chi connectivity index (χ1v) is 3.45. The van der Waals surface area contributed by atoms with Crippen LogP contribution in [-0.4, -0.2) is 10.1 Å². The smallest absolute Gasteiger partial charge is 0.160 e. The number of nitrogens with zero attached hydrogens (tertiary/aromatic N) is 1. The second kappa shape index (κ2) is 5.46. The fourth-order valence-corrected chi connectivity index (χ4v) is 0.527. The zero-order valence-electron chi connectivity index (χ0n) is 4.65. The molecular weight excluding hydrogens is 154 g/mol. The maximum atomic E-state index is 4.62. The molecule has 0 saturated heterocycles. The van der Waals surface area contributed by atoms with Crippen molar-refractivity contribution in [1.29, 1.82) is 0 Å². The first-order chi connectivity index (χ1) is 4.23. The molecule has 1 aromatic heterocycles. The number of nitrogens with two attached hydrogens (primary N) is 2. The third kappa shape index (κ3) is 11.1. The number of rotatable bonds is 0. The topological polar surface area (TPSA) is 64.9 Å². The first kappa shape index (κ1) is 8.32. The van der Waals surface area contributed by atoms with Crippen molar-refractivity contribution >= 4 is 28.7 Å². The molecule has 0 amide bonds. The zero-order valence-corrected chi connectivity index (χ0v) is 6.28. The molecule has 0 saturated carbocycles. The van der Waals surface area contributed by atoms with E-state index in [4.69, 9.17) is 0 Å². The summed E-state index contributed by atoms with van der Waals surface area (Å²) in [5.41, 5.74) is 11.0. The van der Waals surface area contributed by atoms with E-state index in [0.29, 0.717) is 0 Å². The SMILES string of the molecule is NC(N)=S.c1cscn1. The zero-order chi connectivity index (χ0) is 7.11. The number of hydrogen-bond acceptors (Lipinski definition) is 3. The van der Waals surface area contributed by atoms with Gasteiger partial charge in [-0.2, -0.15) is 0 Å². The average molecular weight is 161 g/mol. The molecule has 50 valence electrons. The maximum Gasteiger partial charge on any atom is 0.160 e. The van der Waals surface area contributed by atoms with Gasteiger partial charge in [0.2, 0.25) is 0 Å². The average Bonchev–Trinajstić information content (AvgIpc) is 2.11. The normalized spacial score (nSPS) is 7.11. The number of thiazole rings is 1. The molecule has 0 aliphatic heterocycles.